The average molecular weight is 852 g/mol. The molecule has 0 spiro atoms. The summed E-state index contributed by atoms with van der Waals surface area (Å²) in [5.74, 6) is -6.06. The molecule has 0 aliphatic carbocycles. The minimum Gasteiger partial charge on any atom is -0.490 e. The van der Waals surface area contributed by atoms with Gasteiger partial charge in [0.25, 0.3) is 0 Å². The van der Waals surface area contributed by atoms with E-state index in [0.29, 0.717) is 12.0 Å². The SMILES string of the molecule is CC=CC1OC(O)(C(C)C(O)[C@H](C)C2OC(=O)C(OC)=CC(C)=C[C@@H](C)[C@@H](O)[C@@H](C)C(O)C(C)CC(C)=CC=CC2OC)C[C@@H](OC2CC(O)C(OC(N)=O)C(C)O2)C1C. The van der Waals surface area contributed by atoms with Gasteiger partial charge in [0, 0.05) is 49.5 Å². The molecular formula is C45H73NO14. The molecule has 7 N–H and O–H groups in total. The lowest BCUT2D eigenvalue weighted by molar-refractivity contribution is -0.338. The Balaban J connectivity index is 1.99. The van der Waals surface area contributed by atoms with E-state index in [9.17, 15) is 35.1 Å². The second-order valence-corrected chi connectivity index (χ2v) is 17.3. The summed E-state index contributed by atoms with van der Waals surface area (Å²) in [5, 5.41) is 57.6. The summed E-state index contributed by atoms with van der Waals surface area (Å²) in [6.07, 6.45) is 1.54. The predicted octanol–water partition coefficient (Wildman–Crippen LogP) is 4.59. The zero-order chi connectivity index (χ0) is 45.2. The third-order valence-electron chi connectivity index (χ3n) is 12.5. The summed E-state index contributed by atoms with van der Waals surface area (Å²) < 4.78 is 41.3. The van der Waals surface area contributed by atoms with Crippen LogP contribution in [0.3, 0.4) is 0 Å². The molecule has 0 aromatic rings. The van der Waals surface area contributed by atoms with Crippen LogP contribution < -0.4 is 5.73 Å². The van der Waals surface area contributed by atoms with E-state index in [1.165, 1.54) is 20.3 Å². The average Bonchev–Trinajstić information content (AvgIpc) is 3.18. The van der Waals surface area contributed by atoms with Gasteiger partial charge in [-0.2, -0.15) is 0 Å². The Morgan fingerprint density at radius 3 is 2.30 bits per heavy atom. The van der Waals surface area contributed by atoms with Gasteiger partial charge >= 0.3 is 12.1 Å². The maximum Gasteiger partial charge on any atom is 0.404 e. The van der Waals surface area contributed by atoms with E-state index < -0.39 is 103 Å². The summed E-state index contributed by atoms with van der Waals surface area (Å²) in [6.45, 7) is 18.0. The molecule has 18 atom stereocenters. The van der Waals surface area contributed by atoms with Crippen molar-refractivity contribution in [2.24, 2.45) is 41.2 Å². The van der Waals surface area contributed by atoms with Crippen LogP contribution in [0.5, 0.6) is 0 Å². The first-order chi connectivity index (χ1) is 28.1. The van der Waals surface area contributed by atoms with Crippen molar-refractivity contribution in [3.63, 3.8) is 0 Å². The van der Waals surface area contributed by atoms with E-state index in [1.807, 2.05) is 47.6 Å². The molecule has 0 bridgehead atoms. The summed E-state index contributed by atoms with van der Waals surface area (Å²) in [6, 6.07) is 0. The van der Waals surface area contributed by atoms with E-state index >= 15 is 0 Å². The van der Waals surface area contributed by atoms with E-state index in [2.05, 4.69) is 0 Å². The number of hydrogen-bond donors (Lipinski definition) is 6. The Bertz CT molecular complexity index is 1550. The van der Waals surface area contributed by atoms with Crippen molar-refractivity contribution in [3.05, 3.63) is 59.4 Å². The lowest BCUT2D eigenvalue weighted by Crippen LogP contribution is -2.59. The Hall–Kier alpha value is -3.12. The number of carbonyl (C=O) groups is 2. The van der Waals surface area contributed by atoms with Gasteiger partial charge in [-0.1, -0.05) is 89.1 Å². The molecule has 0 aromatic carbocycles. The van der Waals surface area contributed by atoms with Gasteiger partial charge in [-0.05, 0) is 46.1 Å². The maximum atomic E-state index is 13.9. The highest BCUT2D eigenvalue weighted by Gasteiger charge is 2.52. The van der Waals surface area contributed by atoms with E-state index in [-0.39, 0.29) is 36.4 Å². The predicted molar refractivity (Wildman–Crippen MR) is 224 cm³/mol. The molecule has 3 rings (SSSR count). The molecule has 342 valence electrons. The lowest BCUT2D eigenvalue weighted by atomic mass is 9.77. The van der Waals surface area contributed by atoms with E-state index in [0.717, 1.165) is 5.57 Å². The van der Waals surface area contributed by atoms with Crippen LogP contribution in [0.4, 0.5) is 4.79 Å². The van der Waals surface area contributed by atoms with Crippen molar-refractivity contribution in [1.82, 2.24) is 0 Å². The molecule has 2 saturated heterocycles. The van der Waals surface area contributed by atoms with Gasteiger partial charge in [-0.25, -0.2) is 9.59 Å². The van der Waals surface area contributed by atoms with Crippen LogP contribution in [0, 0.1) is 35.5 Å². The molecule has 0 aromatic heterocycles. The van der Waals surface area contributed by atoms with Crippen LogP contribution in [0.1, 0.15) is 88.5 Å². The molecular weight excluding hydrogens is 778 g/mol. The summed E-state index contributed by atoms with van der Waals surface area (Å²) >= 11 is 0. The molecule has 2 fully saturated rings. The Morgan fingerprint density at radius 2 is 1.72 bits per heavy atom. The standard InChI is InChI=1S/C45H73NO14/c1-13-15-33-27(6)36(57-37-21-32(47)42(31(10)56-37)59-44(46)52)22-45(53,60-33)30(9)40(50)29(8)41-34(54-11)17-14-16-23(2)18-25(4)38(48)28(7)39(49)26(5)19-24(3)20-35(55-12)43(51)58-41/h13-17,19-20,25-34,36-42,47-50,53H,18,21-22H2,1-12H3,(H2,46,52)/t25?,26-,27?,28+,29+,30?,31?,32?,33?,34?,36-,37?,38?,39-,40?,41?,42?,45?/m1/s1. The smallest absolute Gasteiger partial charge is 0.404 e. The third kappa shape index (κ3) is 13.2. The van der Waals surface area contributed by atoms with Crippen molar-refractivity contribution >= 4 is 12.1 Å². The highest BCUT2D eigenvalue weighted by molar-refractivity contribution is 5.87. The van der Waals surface area contributed by atoms with Gasteiger partial charge in [0.15, 0.2) is 18.2 Å². The fourth-order valence-electron chi connectivity index (χ4n) is 8.64. The van der Waals surface area contributed by atoms with Crippen molar-refractivity contribution in [3.8, 4) is 0 Å². The van der Waals surface area contributed by atoms with Gasteiger partial charge in [-0.3, -0.25) is 0 Å². The highest BCUT2D eigenvalue weighted by Crippen LogP contribution is 2.42. The minimum atomic E-state index is -1.97. The van der Waals surface area contributed by atoms with Gasteiger partial charge in [-0.15, -0.1) is 0 Å². The normalized spacial score (nSPS) is 39.5. The first-order valence-corrected chi connectivity index (χ1v) is 21.1. The number of aliphatic hydroxyl groups excluding tert-OH is 4. The summed E-state index contributed by atoms with van der Waals surface area (Å²) in [4.78, 5) is 25.3. The molecule has 1 amide bonds. The molecule has 15 nitrogen and oxygen atoms in total. The van der Waals surface area contributed by atoms with Gasteiger partial charge in [0.05, 0.1) is 49.8 Å². The second kappa shape index (κ2) is 22.8. The highest BCUT2D eigenvalue weighted by atomic mass is 16.7. The van der Waals surface area contributed by atoms with Gasteiger partial charge < -0.3 is 64.4 Å². The molecule has 60 heavy (non-hydrogen) atoms. The zero-order valence-electron chi connectivity index (χ0n) is 37.5. The minimum absolute atomic E-state index is 0.0314. The van der Waals surface area contributed by atoms with Gasteiger partial charge in [0.1, 0.15) is 12.2 Å². The third-order valence-corrected chi connectivity index (χ3v) is 12.5. The molecule has 3 aliphatic heterocycles. The summed E-state index contributed by atoms with van der Waals surface area (Å²) in [7, 11) is 2.80. The fraction of sp³-hybridized carbons (Fsp3) is 0.733. The first-order valence-electron chi connectivity index (χ1n) is 21.1. The number of ether oxygens (including phenoxy) is 7. The number of aliphatic hydroxyl groups is 5. The van der Waals surface area contributed by atoms with Crippen LogP contribution in [0.25, 0.3) is 0 Å². The van der Waals surface area contributed by atoms with Gasteiger partial charge in [0.2, 0.25) is 5.76 Å². The topological polar surface area (TPSA) is 226 Å². The number of nitrogens with two attached hydrogens (primary N) is 1. The first kappa shape index (κ1) is 51.2. The molecule has 3 heterocycles. The number of rotatable bonds is 10. The molecule has 0 radical (unpaired) electrons. The maximum absolute atomic E-state index is 13.9. The molecule has 3 aliphatic rings. The van der Waals surface area contributed by atoms with Crippen molar-refractivity contribution < 1.29 is 68.3 Å². The second-order valence-electron chi connectivity index (χ2n) is 17.3. The van der Waals surface area contributed by atoms with Crippen molar-refractivity contribution in [1.29, 1.82) is 0 Å². The largest absolute Gasteiger partial charge is 0.490 e. The molecule has 13 unspecified atom stereocenters. The van der Waals surface area contributed by atoms with Crippen LogP contribution in [0.15, 0.2) is 59.4 Å². The number of methoxy groups -OCH3 is 2. The zero-order valence-corrected chi connectivity index (χ0v) is 37.5. The Labute approximate surface area is 356 Å². The van der Waals surface area contributed by atoms with Crippen LogP contribution in [-0.4, -0.2) is 125 Å². The monoisotopic (exact) mass is 852 g/mol. The van der Waals surface area contributed by atoms with Crippen LogP contribution in [0.2, 0.25) is 0 Å². The number of amides is 1. The number of esters is 1. The Morgan fingerprint density at radius 1 is 1.05 bits per heavy atom. The number of allylic oxidation sites excluding steroid dienone is 6. The number of cyclic esters (lactones) is 1. The fourth-order valence-corrected chi connectivity index (χ4v) is 8.64. The number of hydrogen-bond acceptors (Lipinski definition) is 14. The number of primary amides is 1. The Kier molecular flexibility index (Phi) is 19.5. The molecule has 0 saturated carbocycles. The number of carbonyl (C=O) groups excluding carboxylic acids is 2. The van der Waals surface area contributed by atoms with E-state index in [1.54, 1.807) is 58.1 Å². The lowest BCUT2D eigenvalue weighted by Gasteiger charge is -2.49. The summed E-state index contributed by atoms with van der Waals surface area (Å²) in [5.41, 5.74) is 6.76. The van der Waals surface area contributed by atoms with E-state index in [4.69, 9.17) is 38.9 Å². The van der Waals surface area contributed by atoms with Crippen LogP contribution in [-0.2, 0) is 38.0 Å². The molecule has 15 heteroatoms. The van der Waals surface area contributed by atoms with Crippen molar-refractivity contribution in [2.45, 2.75) is 162 Å². The quantitative estimate of drug-likeness (QED) is 0.131. The van der Waals surface area contributed by atoms with Crippen LogP contribution >= 0.6 is 0 Å². The van der Waals surface area contributed by atoms with Crippen molar-refractivity contribution in [2.75, 3.05) is 14.2 Å².